The molecule has 0 saturated heterocycles. The summed E-state index contributed by atoms with van der Waals surface area (Å²) < 4.78 is 0. The Morgan fingerprint density at radius 1 is 0.737 bits per heavy atom. The molecule has 0 fully saturated rings. The minimum absolute atomic E-state index is 0.337. The molecule has 0 spiro atoms. The molecule has 0 aliphatic heterocycles. The number of phenolic OH excluding ortho intramolecular Hbond substituents is 1. The summed E-state index contributed by atoms with van der Waals surface area (Å²) in [5.74, 6) is 0.337. The van der Waals surface area contributed by atoms with Gasteiger partial charge in [0, 0.05) is 5.39 Å². The third-order valence-electron chi connectivity index (χ3n) is 3.41. The van der Waals surface area contributed by atoms with Gasteiger partial charge in [0.05, 0.1) is 0 Å². The van der Waals surface area contributed by atoms with Crippen LogP contribution in [0, 0.1) is 13.8 Å². The quantitative estimate of drug-likeness (QED) is 0.654. The van der Waals surface area contributed by atoms with Gasteiger partial charge in [-0.25, -0.2) is 0 Å². The highest BCUT2D eigenvalue weighted by Crippen LogP contribution is 2.30. The molecular weight excluding hydrogens is 232 g/mol. The number of aromatic hydroxyl groups is 1. The molecule has 0 amide bonds. The maximum atomic E-state index is 9.82. The average molecular weight is 248 g/mol. The first kappa shape index (κ1) is 11.8. The van der Waals surface area contributed by atoms with Gasteiger partial charge in [-0.3, -0.25) is 0 Å². The van der Waals surface area contributed by atoms with Gasteiger partial charge in [-0.15, -0.1) is 0 Å². The van der Waals surface area contributed by atoms with E-state index in [-0.39, 0.29) is 0 Å². The minimum Gasteiger partial charge on any atom is -0.507 e. The number of fused-ring (bicyclic) bond motifs is 1. The van der Waals surface area contributed by atoms with Crippen molar-refractivity contribution in [1.82, 2.24) is 0 Å². The zero-order chi connectivity index (χ0) is 13.4. The molecule has 0 atom stereocenters. The van der Waals surface area contributed by atoms with Crippen LogP contribution < -0.4 is 0 Å². The van der Waals surface area contributed by atoms with Crippen LogP contribution in [0.1, 0.15) is 11.1 Å². The van der Waals surface area contributed by atoms with Crippen LogP contribution in [-0.4, -0.2) is 5.11 Å². The van der Waals surface area contributed by atoms with Gasteiger partial charge in [-0.2, -0.15) is 0 Å². The highest BCUT2D eigenvalue weighted by molar-refractivity contribution is 5.91. The third-order valence-corrected chi connectivity index (χ3v) is 3.41. The fourth-order valence-corrected chi connectivity index (χ4v) is 2.59. The summed E-state index contributed by atoms with van der Waals surface area (Å²) in [6, 6.07) is 18.4. The molecule has 0 heterocycles. The van der Waals surface area contributed by atoms with Crippen LogP contribution in [0.4, 0.5) is 0 Å². The first-order valence-corrected chi connectivity index (χ1v) is 6.44. The molecule has 0 aliphatic carbocycles. The number of aryl methyl sites for hydroxylation is 2. The standard InChI is InChI=1S/C18H16O/c1-12-8-13(2)10-16(9-12)14-6-7-17-15(11-14)4-3-5-18(17)19/h3-11,19H,1-2H3. The van der Waals surface area contributed by atoms with Crippen molar-refractivity contribution in [2.45, 2.75) is 13.8 Å². The van der Waals surface area contributed by atoms with Crippen LogP contribution in [0.5, 0.6) is 5.75 Å². The van der Waals surface area contributed by atoms with E-state index in [1.807, 2.05) is 18.2 Å². The minimum atomic E-state index is 0.337. The topological polar surface area (TPSA) is 20.2 Å². The highest BCUT2D eigenvalue weighted by atomic mass is 16.3. The predicted molar refractivity (Wildman–Crippen MR) is 80.5 cm³/mol. The molecule has 94 valence electrons. The summed E-state index contributed by atoms with van der Waals surface area (Å²) in [6.07, 6.45) is 0. The molecule has 3 rings (SSSR count). The molecule has 0 aliphatic rings. The monoisotopic (exact) mass is 248 g/mol. The SMILES string of the molecule is Cc1cc(C)cc(-c2ccc3c(O)cccc3c2)c1. The summed E-state index contributed by atoms with van der Waals surface area (Å²) in [7, 11) is 0. The molecule has 1 N–H and O–H groups in total. The number of phenols is 1. The molecule has 3 aromatic carbocycles. The van der Waals surface area contributed by atoms with E-state index in [1.165, 1.54) is 22.3 Å². The van der Waals surface area contributed by atoms with E-state index in [1.54, 1.807) is 6.07 Å². The Hall–Kier alpha value is -2.28. The molecule has 0 bridgehead atoms. The lowest BCUT2D eigenvalue weighted by molar-refractivity contribution is 0.481. The van der Waals surface area contributed by atoms with Gasteiger partial charge in [0.2, 0.25) is 0 Å². The second-order valence-corrected chi connectivity index (χ2v) is 5.09. The van der Waals surface area contributed by atoms with Crippen LogP contribution in [0.2, 0.25) is 0 Å². The highest BCUT2D eigenvalue weighted by Gasteiger charge is 2.03. The smallest absolute Gasteiger partial charge is 0.123 e. The second kappa shape index (κ2) is 4.43. The van der Waals surface area contributed by atoms with Gasteiger partial charge in [-0.1, -0.05) is 53.6 Å². The Balaban J connectivity index is 2.20. The van der Waals surface area contributed by atoms with Gasteiger partial charge >= 0.3 is 0 Å². The number of benzene rings is 3. The Morgan fingerprint density at radius 2 is 1.47 bits per heavy atom. The van der Waals surface area contributed by atoms with Gasteiger partial charge in [0.25, 0.3) is 0 Å². The summed E-state index contributed by atoms with van der Waals surface area (Å²) in [6.45, 7) is 4.23. The van der Waals surface area contributed by atoms with E-state index >= 15 is 0 Å². The van der Waals surface area contributed by atoms with Crippen LogP contribution in [-0.2, 0) is 0 Å². The van der Waals surface area contributed by atoms with Crippen LogP contribution in [0.25, 0.3) is 21.9 Å². The Kier molecular flexibility index (Phi) is 2.75. The van der Waals surface area contributed by atoms with Gasteiger partial charge in [-0.05, 0) is 42.5 Å². The molecule has 1 nitrogen and oxygen atoms in total. The van der Waals surface area contributed by atoms with Crippen molar-refractivity contribution < 1.29 is 5.11 Å². The zero-order valence-corrected chi connectivity index (χ0v) is 11.1. The fraction of sp³-hybridized carbons (Fsp3) is 0.111. The number of hydrogen-bond acceptors (Lipinski definition) is 1. The molecule has 19 heavy (non-hydrogen) atoms. The van der Waals surface area contributed by atoms with Crippen LogP contribution in [0.15, 0.2) is 54.6 Å². The van der Waals surface area contributed by atoms with Crippen LogP contribution in [0.3, 0.4) is 0 Å². The molecule has 3 aromatic rings. The van der Waals surface area contributed by atoms with Crippen molar-refractivity contribution in [3.05, 3.63) is 65.7 Å². The molecule has 0 unspecified atom stereocenters. The maximum absolute atomic E-state index is 9.82. The van der Waals surface area contributed by atoms with E-state index in [4.69, 9.17) is 0 Å². The summed E-state index contributed by atoms with van der Waals surface area (Å²) in [4.78, 5) is 0. The lowest BCUT2D eigenvalue weighted by atomic mass is 9.98. The van der Waals surface area contributed by atoms with Gasteiger partial charge in [0.1, 0.15) is 5.75 Å². The lowest BCUT2D eigenvalue weighted by Crippen LogP contribution is -1.83. The Bertz CT molecular complexity index is 736. The van der Waals surface area contributed by atoms with Crippen molar-refractivity contribution in [1.29, 1.82) is 0 Å². The fourth-order valence-electron chi connectivity index (χ4n) is 2.59. The molecule has 0 radical (unpaired) electrons. The summed E-state index contributed by atoms with van der Waals surface area (Å²) >= 11 is 0. The van der Waals surface area contributed by atoms with E-state index < -0.39 is 0 Å². The second-order valence-electron chi connectivity index (χ2n) is 5.09. The van der Waals surface area contributed by atoms with Crippen molar-refractivity contribution in [3.63, 3.8) is 0 Å². The number of hydrogen-bond donors (Lipinski definition) is 1. The maximum Gasteiger partial charge on any atom is 0.123 e. The van der Waals surface area contributed by atoms with Crippen molar-refractivity contribution >= 4 is 10.8 Å². The summed E-state index contributed by atoms with van der Waals surface area (Å²) in [5, 5.41) is 11.8. The summed E-state index contributed by atoms with van der Waals surface area (Å²) in [5.41, 5.74) is 4.95. The van der Waals surface area contributed by atoms with E-state index in [9.17, 15) is 5.11 Å². The first-order chi connectivity index (χ1) is 9.13. The largest absolute Gasteiger partial charge is 0.507 e. The Labute approximate surface area is 113 Å². The number of rotatable bonds is 1. The Morgan fingerprint density at radius 3 is 2.21 bits per heavy atom. The van der Waals surface area contributed by atoms with E-state index in [0.717, 1.165) is 10.8 Å². The van der Waals surface area contributed by atoms with E-state index in [0.29, 0.717) is 5.75 Å². The van der Waals surface area contributed by atoms with Crippen molar-refractivity contribution in [3.8, 4) is 16.9 Å². The first-order valence-electron chi connectivity index (χ1n) is 6.44. The van der Waals surface area contributed by atoms with Crippen LogP contribution >= 0.6 is 0 Å². The lowest BCUT2D eigenvalue weighted by Gasteiger charge is -2.07. The normalized spacial score (nSPS) is 10.8. The molecular formula is C18H16O. The zero-order valence-electron chi connectivity index (χ0n) is 11.1. The average Bonchev–Trinajstić information content (AvgIpc) is 2.37. The predicted octanol–water partition coefficient (Wildman–Crippen LogP) is 4.83. The van der Waals surface area contributed by atoms with Gasteiger partial charge < -0.3 is 5.11 Å². The molecule has 0 aromatic heterocycles. The van der Waals surface area contributed by atoms with Crippen molar-refractivity contribution in [2.75, 3.05) is 0 Å². The van der Waals surface area contributed by atoms with E-state index in [2.05, 4.69) is 44.2 Å². The van der Waals surface area contributed by atoms with Gasteiger partial charge in [0.15, 0.2) is 0 Å². The third kappa shape index (κ3) is 2.19. The molecule has 0 saturated carbocycles. The van der Waals surface area contributed by atoms with Crippen molar-refractivity contribution in [2.24, 2.45) is 0 Å². The molecule has 1 heteroatoms.